The molecule has 0 aliphatic rings. The van der Waals surface area contributed by atoms with E-state index in [2.05, 4.69) is 15.3 Å². The number of aromatic nitrogens is 2. The van der Waals surface area contributed by atoms with Crippen molar-refractivity contribution in [1.82, 2.24) is 9.97 Å². The summed E-state index contributed by atoms with van der Waals surface area (Å²) in [6.07, 6.45) is 0. The van der Waals surface area contributed by atoms with Crippen molar-refractivity contribution in [2.24, 2.45) is 0 Å². The lowest BCUT2D eigenvalue weighted by Gasteiger charge is -2.11. The first kappa shape index (κ1) is 13.6. The van der Waals surface area contributed by atoms with Crippen LogP contribution < -0.4 is 10.9 Å². The van der Waals surface area contributed by atoms with Crippen LogP contribution in [0.15, 0.2) is 47.3 Å². The topological polar surface area (TPSA) is 57.8 Å². The predicted molar refractivity (Wildman–Crippen MR) is 85.9 cm³/mol. The maximum absolute atomic E-state index is 12.0. The number of aromatic amines is 1. The van der Waals surface area contributed by atoms with Crippen LogP contribution in [0.25, 0.3) is 10.9 Å². The summed E-state index contributed by atoms with van der Waals surface area (Å²) in [5, 5.41) is 4.47. The summed E-state index contributed by atoms with van der Waals surface area (Å²) < 4.78 is 0. The van der Waals surface area contributed by atoms with Crippen LogP contribution in [0, 0.1) is 6.92 Å². The third-order valence-corrected chi connectivity index (χ3v) is 3.63. The third kappa shape index (κ3) is 2.76. The van der Waals surface area contributed by atoms with Crippen LogP contribution >= 0.6 is 11.6 Å². The van der Waals surface area contributed by atoms with Gasteiger partial charge in [0.2, 0.25) is 0 Å². The van der Waals surface area contributed by atoms with Gasteiger partial charge in [0, 0.05) is 0 Å². The molecule has 4 nitrogen and oxygen atoms in total. The summed E-state index contributed by atoms with van der Waals surface area (Å²) in [4.78, 5) is 19.2. The van der Waals surface area contributed by atoms with E-state index < -0.39 is 0 Å². The zero-order chi connectivity index (χ0) is 14.8. The number of H-pyrrole nitrogens is 1. The monoisotopic (exact) mass is 299 g/mol. The van der Waals surface area contributed by atoms with E-state index in [1.54, 1.807) is 6.07 Å². The minimum Gasteiger partial charge on any atom is -0.376 e. The number of benzene rings is 2. The van der Waals surface area contributed by atoms with Crippen molar-refractivity contribution in [2.75, 3.05) is 5.32 Å². The summed E-state index contributed by atoms with van der Waals surface area (Å²) in [7, 11) is 0. The lowest BCUT2D eigenvalue weighted by atomic mass is 10.2. The normalized spacial score (nSPS) is 10.8. The molecule has 0 aliphatic carbocycles. The Kier molecular flexibility index (Phi) is 3.62. The smallest absolute Gasteiger partial charge is 0.258 e. The van der Waals surface area contributed by atoms with Crippen LogP contribution in [0.4, 0.5) is 5.69 Å². The van der Waals surface area contributed by atoms with E-state index in [1.165, 1.54) is 0 Å². The fourth-order valence-electron chi connectivity index (χ4n) is 2.25. The molecule has 3 rings (SSSR count). The van der Waals surface area contributed by atoms with Gasteiger partial charge in [-0.2, -0.15) is 0 Å². The first-order valence-corrected chi connectivity index (χ1v) is 7.00. The summed E-state index contributed by atoms with van der Waals surface area (Å²) in [5.41, 5.74) is 2.46. The fourth-order valence-corrected chi connectivity index (χ4v) is 2.54. The number of halogens is 1. The van der Waals surface area contributed by atoms with Gasteiger partial charge in [-0.1, -0.05) is 35.9 Å². The molecule has 1 aromatic heterocycles. The van der Waals surface area contributed by atoms with Gasteiger partial charge in [0.25, 0.3) is 5.56 Å². The Hall–Kier alpha value is -2.33. The molecule has 0 saturated carbocycles. The quantitative estimate of drug-likeness (QED) is 0.778. The molecule has 3 aromatic rings. The van der Waals surface area contributed by atoms with E-state index in [-0.39, 0.29) is 5.56 Å². The van der Waals surface area contributed by atoms with E-state index in [4.69, 9.17) is 11.6 Å². The van der Waals surface area contributed by atoms with Crippen molar-refractivity contribution in [3.05, 3.63) is 69.2 Å². The predicted octanol–water partition coefficient (Wildman–Crippen LogP) is 3.50. The van der Waals surface area contributed by atoms with E-state index in [0.717, 1.165) is 11.3 Å². The number of aryl methyl sites for hydroxylation is 1. The van der Waals surface area contributed by atoms with Gasteiger partial charge in [0.15, 0.2) is 0 Å². The molecule has 0 radical (unpaired) electrons. The highest BCUT2D eigenvalue weighted by atomic mass is 35.5. The second-order valence-corrected chi connectivity index (χ2v) is 5.22. The molecular weight excluding hydrogens is 286 g/mol. The van der Waals surface area contributed by atoms with Crippen molar-refractivity contribution in [1.29, 1.82) is 0 Å². The Labute approximate surface area is 126 Å². The molecule has 21 heavy (non-hydrogen) atoms. The van der Waals surface area contributed by atoms with Gasteiger partial charge in [-0.25, -0.2) is 4.98 Å². The molecule has 0 saturated heterocycles. The van der Waals surface area contributed by atoms with Gasteiger partial charge in [0.1, 0.15) is 5.82 Å². The molecule has 5 heteroatoms. The van der Waals surface area contributed by atoms with E-state index in [9.17, 15) is 4.79 Å². The van der Waals surface area contributed by atoms with Gasteiger partial charge in [0.05, 0.1) is 28.2 Å². The highest BCUT2D eigenvalue weighted by Crippen LogP contribution is 2.25. The highest BCUT2D eigenvalue weighted by Gasteiger charge is 2.06. The zero-order valence-electron chi connectivity index (χ0n) is 11.5. The number of para-hydroxylation sites is 2. The minimum absolute atomic E-state index is 0.131. The van der Waals surface area contributed by atoms with Crippen molar-refractivity contribution >= 4 is 28.2 Å². The Morgan fingerprint density at radius 1 is 1.19 bits per heavy atom. The van der Waals surface area contributed by atoms with Crippen LogP contribution in [0.1, 0.15) is 11.4 Å². The Balaban J connectivity index is 1.91. The van der Waals surface area contributed by atoms with Gasteiger partial charge in [-0.15, -0.1) is 0 Å². The van der Waals surface area contributed by atoms with Crippen LogP contribution in [-0.4, -0.2) is 9.97 Å². The van der Waals surface area contributed by atoms with Gasteiger partial charge < -0.3 is 10.3 Å². The average molecular weight is 300 g/mol. The van der Waals surface area contributed by atoms with Crippen molar-refractivity contribution in [2.45, 2.75) is 13.5 Å². The standard InChI is InChI=1S/C16H14ClN3O/c1-10-5-4-7-12(17)15(10)18-9-14-19-13-8-3-2-6-11(13)16(21)20-14/h2-8,18H,9H2,1H3,(H,19,20,21). The summed E-state index contributed by atoms with van der Waals surface area (Å²) >= 11 is 6.17. The lowest BCUT2D eigenvalue weighted by molar-refractivity contribution is 0.952. The molecule has 1 heterocycles. The van der Waals surface area contributed by atoms with Crippen LogP contribution in [0.3, 0.4) is 0 Å². The zero-order valence-corrected chi connectivity index (χ0v) is 12.2. The Bertz CT molecular complexity index is 837. The van der Waals surface area contributed by atoms with Crippen LogP contribution in [0.5, 0.6) is 0 Å². The number of hydrogen-bond donors (Lipinski definition) is 2. The third-order valence-electron chi connectivity index (χ3n) is 3.32. The maximum Gasteiger partial charge on any atom is 0.258 e. The van der Waals surface area contributed by atoms with Crippen molar-refractivity contribution in [3.8, 4) is 0 Å². The van der Waals surface area contributed by atoms with Crippen molar-refractivity contribution < 1.29 is 0 Å². The molecule has 0 amide bonds. The molecule has 2 N–H and O–H groups in total. The first-order chi connectivity index (χ1) is 10.1. The van der Waals surface area contributed by atoms with Gasteiger partial charge in [-0.05, 0) is 30.7 Å². The highest BCUT2D eigenvalue weighted by molar-refractivity contribution is 6.33. The average Bonchev–Trinajstić information content (AvgIpc) is 2.47. The number of fused-ring (bicyclic) bond motifs is 1. The minimum atomic E-state index is -0.131. The lowest BCUT2D eigenvalue weighted by Crippen LogP contribution is -2.14. The molecule has 0 aliphatic heterocycles. The number of nitrogens with zero attached hydrogens (tertiary/aromatic N) is 1. The van der Waals surface area contributed by atoms with Crippen LogP contribution in [0.2, 0.25) is 5.02 Å². The summed E-state index contributed by atoms with van der Waals surface area (Å²) in [6, 6.07) is 13.0. The molecular formula is C16H14ClN3O. The Morgan fingerprint density at radius 2 is 2.00 bits per heavy atom. The number of rotatable bonds is 3. The SMILES string of the molecule is Cc1cccc(Cl)c1NCc1nc2ccccc2c(=O)[nH]1. The van der Waals surface area contributed by atoms with Crippen LogP contribution in [-0.2, 0) is 6.54 Å². The molecule has 2 aromatic carbocycles. The molecule has 0 atom stereocenters. The molecule has 0 fully saturated rings. The number of hydrogen-bond acceptors (Lipinski definition) is 3. The molecule has 0 spiro atoms. The Morgan fingerprint density at radius 3 is 2.81 bits per heavy atom. The number of anilines is 1. The largest absolute Gasteiger partial charge is 0.376 e. The second kappa shape index (κ2) is 5.58. The first-order valence-electron chi connectivity index (χ1n) is 6.62. The molecule has 106 valence electrons. The second-order valence-electron chi connectivity index (χ2n) is 4.82. The fraction of sp³-hybridized carbons (Fsp3) is 0.125. The summed E-state index contributed by atoms with van der Waals surface area (Å²) in [5.74, 6) is 0.581. The van der Waals surface area contributed by atoms with Gasteiger partial charge >= 0.3 is 0 Å². The van der Waals surface area contributed by atoms with Crippen molar-refractivity contribution in [3.63, 3.8) is 0 Å². The summed E-state index contributed by atoms with van der Waals surface area (Å²) in [6.45, 7) is 2.38. The van der Waals surface area contributed by atoms with E-state index in [1.807, 2.05) is 43.3 Å². The number of nitrogens with one attached hydrogen (secondary N) is 2. The van der Waals surface area contributed by atoms with Gasteiger partial charge in [-0.3, -0.25) is 4.79 Å². The van der Waals surface area contributed by atoms with E-state index in [0.29, 0.717) is 28.3 Å². The maximum atomic E-state index is 12.0. The molecule has 0 unspecified atom stereocenters. The van der Waals surface area contributed by atoms with E-state index >= 15 is 0 Å². The molecule has 0 bridgehead atoms.